The molecule has 0 aromatic heterocycles. The fourth-order valence-electron chi connectivity index (χ4n) is 2.47. The van der Waals surface area contributed by atoms with E-state index in [0.717, 1.165) is 0 Å². The first kappa shape index (κ1) is 29.6. The predicted molar refractivity (Wildman–Crippen MR) is 85.6 cm³/mol. The van der Waals surface area contributed by atoms with E-state index < -0.39 is 107 Å². The van der Waals surface area contributed by atoms with Gasteiger partial charge in [0, 0.05) is 0 Å². The molecule has 2 rings (SSSR count). The van der Waals surface area contributed by atoms with Gasteiger partial charge in [-0.2, -0.15) is 13.2 Å². The summed E-state index contributed by atoms with van der Waals surface area (Å²) in [5.41, 5.74) is -7.16. The Hall–Kier alpha value is -2.62. The molecule has 36 heavy (non-hydrogen) atoms. The Balaban J connectivity index is 3.23. The molecule has 6 nitrogen and oxygen atoms in total. The third kappa shape index (κ3) is 4.07. The second-order valence-corrected chi connectivity index (χ2v) is 13.0. The molecule has 22 heteroatoms. The molecule has 0 unspecified atom stereocenters. The van der Waals surface area contributed by atoms with Crippen LogP contribution in [0.1, 0.15) is 0 Å². The van der Waals surface area contributed by atoms with Crippen LogP contribution in [0.4, 0.5) is 57.1 Å². The van der Waals surface area contributed by atoms with Crippen LogP contribution in [0.2, 0.25) is 0 Å². The third-order valence-corrected chi connectivity index (χ3v) is 12.6. The zero-order valence-electron chi connectivity index (χ0n) is 15.7. The number of alkyl halides is 3. The Morgan fingerprint density at radius 2 is 0.611 bits per heavy atom. The molecule has 0 aliphatic carbocycles. The number of halogens is 13. The number of sulfone groups is 3. The number of rotatable bonds is 5. The fourth-order valence-corrected chi connectivity index (χ4v) is 10.2. The smallest absolute Gasteiger partial charge is 0.221 e. The first-order chi connectivity index (χ1) is 16.0. The van der Waals surface area contributed by atoms with Crippen molar-refractivity contribution in [3.05, 3.63) is 58.2 Å². The Morgan fingerprint density at radius 1 is 0.417 bits per heavy atom. The van der Waals surface area contributed by atoms with Gasteiger partial charge in [0.15, 0.2) is 46.5 Å². The van der Waals surface area contributed by atoms with E-state index in [1.54, 1.807) is 0 Å². The first-order valence-corrected chi connectivity index (χ1v) is 12.4. The van der Waals surface area contributed by atoms with Crippen LogP contribution in [0.3, 0.4) is 0 Å². The topological polar surface area (TPSA) is 102 Å². The molecule has 0 spiro atoms. The lowest BCUT2D eigenvalue weighted by atomic mass is 10.3. The summed E-state index contributed by atoms with van der Waals surface area (Å²) < 4.78 is 243. The highest BCUT2D eigenvalue weighted by Gasteiger charge is 2.64. The zero-order chi connectivity index (χ0) is 28.5. The van der Waals surface area contributed by atoms with Gasteiger partial charge in [-0.25, -0.2) is 69.2 Å². The molecule has 0 bridgehead atoms. The Morgan fingerprint density at radius 3 is 0.806 bits per heavy atom. The second kappa shape index (κ2) is 8.75. The van der Waals surface area contributed by atoms with E-state index in [-0.39, 0.29) is 0 Å². The van der Waals surface area contributed by atoms with Crippen molar-refractivity contribution in [2.45, 2.75) is 19.2 Å². The summed E-state index contributed by atoms with van der Waals surface area (Å²) in [5, 5.41) is 0. The van der Waals surface area contributed by atoms with Gasteiger partial charge in [-0.15, -0.1) is 0 Å². The minimum absolute atomic E-state index is 3.18. The van der Waals surface area contributed by atoms with Crippen molar-refractivity contribution in [3.63, 3.8) is 0 Å². The van der Waals surface area contributed by atoms with E-state index in [4.69, 9.17) is 0 Å². The van der Waals surface area contributed by atoms with Crippen molar-refractivity contribution in [1.29, 1.82) is 0 Å². The minimum atomic E-state index is -8.11. The molecule has 2 aromatic rings. The normalized spacial score (nSPS) is 13.5. The molecule has 0 saturated heterocycles. The van der Waals surface area contributed by atoms with Crippen LogP contribution in [0.15, 0.2) is 9.79 Å². The van der Waals surface area contributed by atoms with Crippen molar-refractivity contribution >= 4 is 29.5 Å². The third-order valence-electron chi connectivity index (χ3n) is 3.99. The van der Waals surface area contributed by atoms with Gasteiger partial charge in [-0.1, -0.05) is 0 Å². The fraction of sp³-hybridized carbons (Fsp3) is 0.143. The van der Waals surface area contributed by atoms with E-state index >= 15 is 0 Å². The monoisotopic (exact) mass is 608 g/mol. The maximum atomic E-state index is 14.0. The van der Waals surface area contributed by atoms with Crippen molar-refractivity contribution in [2.75, 3.05) is 0 Å². The standard InChI is InChI=1S/C14HF13O6S3/c15-1-3(17)7(21)11(8(22)4(1)18)34(28,29)13(36(32,33)14(25,26)27)35(30,31)12-9(23)5(19)2(16)6(20)10(12)24/h13H. The van der Waals surface area contributed by atoms with Gasteiger partial charge >= 0.3 is 5.51 Å². The average molecular weight is 608 g/mol. The van der Waals surface area contributed by atoms with E-state index in [1.165, 1.54) is 0 Å². The van der Waals surface area contributed by atoms with Crippen molar-refractivity contribution < 1.29 is 82.3 Å². The molecule has 0 radical (unpaired) electrons. The van der Waals surface area contributed by atoms with Gasteiger partial charge in [-0.3, -0.25) is 0 Å². The molecule has 0 fully saturated rings. The van der Waals surface area contributed by atoms with Gasteiger partial charge < -0.3 is 0 Å². The van der Waals surface area contributed by atoms with Crippen LogP contribution in [0, 0.1) is 58.2 Å². The highest BCUT2D eigenvalue weighted by atomic mass is 32.3. The summed E-state index contributed by atoms with van der Waals surface area (Å²) in [4.78, 5) is -7.10. The molecule has 0 heterocycles. The first-order valence-electron chi connectivity index (χ1n) is 7.78. The lowest BCUT2D eigenvalue weighted by molar-refractivity contribution is -0.0434. The van der Waals surface area contributed by atoms with Crippen molar-refractivity contribution in [1.82, 2.24) is 0 Å². The number of hydrogen-bond donors (Lipinski definition) is 0. The summed E-state index contributed by atoms with van der Waals surface area (Å²) in [5.74, 6) is -34.0. The minimum Gasteiger partial charge on any atom is -0.221 e. The Kier molecular flexibility index (Phi) is 7.19. The Labute approximate surface area is 189 Å². The summed E-state index contributed by atoms with van der Waals surface area (Å²) >= 11 is 0. The summed E-state index contributed by atoms with van der Waals surface area (Å²) in [6.45, 7) is 0. The zero-order valence-corrected chi connectivity index (χ0v) is 18.1. The second-order valence-electron chi connectivity index (χ2n) is 6.17. The molecule has 0 N–H and O–H groups in total. The summed E-state index contributed by atoms with van der Waals surface area (Å²) in [6.07, 6.45) is 0. The van der Waals surface area contributed by atoms with Crippen LogP contribution in [-0.2, 0) is 29.5 Å². The highest BCUT2D eigenvalue weighted by Crippen LogP contribution is 2.41. The van der Waals surface area contributed by atoms with E-state index in [9.17, 15) is 82.3 Å². The van der Waals surface area contributed by atoms with Gasteiger partial charge in [0.1, 0.15) is 9.79 Å². The maximum Gasteiger partial charge on any atom is 0.499 e. The average Bonchev–Trinajstić information content (AvgIpc) is 2.71. The van der Waals surface area contributed by atoms with Gasteiger partial charge in [0.05, 0.1) is 0 Å². The van der Waals surface area contributed by atoms with E-state index in [2.05, 4.69) is 0 Å². The molecule has 202 valence electrons. The SMILES string of the molecule is O=S(=O)(c1c(F)c(F)c(F)c(F)c1F)C(S(=O)(=O)c1c(F)c(F)c(F)c(F)c1F)S(=O)(=O)C(F)(F)F. The molecule has 0 saturated carbocycles. The maximum absolute atomic E-state index is 14.0. The lowest BCUT2D eigenvalue weighted by Gasteiger charge is -2.21. The number of hydrogen-bond acceptors (Lipinski definition) is 6. The lowest BCUT2D eigenvalue weighted by Crippen LogP contribution is -2.46. The van der Waals surface area contributed by atoms with Crippen molar-refractivity contribution in [3.8, 4) is 0 Å². The summed E-state index contributed by atoms with van der Waals surface area (Å²) in [7, 11) is -23.5. The molecular weight excluding hydrogens is 607 g/mol. The van der Waals surface area contributed by atoms with E-state index in [1.807, 2.05) is 0 Å². The largest absolute Gasteiger partial charge is 0.499 e. The van der Waals surface area contributed by atoms with Crippen LogP contribution in [-0.4, -0.2) is 34.7 Å². The molecule has 2 aromatic carbocycles. The summed E-state index contributed by atoms with van der Waals surface area (Å²) in [6, 6.07) is 0. The van der Waals surface area contributed by atoms with Crippen molar-refractivity contribution in [2.24, 2.45) is 0 Å². The predicted octanol–water partition coefficient (Wildman–Crippen LogP) is 3.54. The Bertz CT molecular complexity index is 1460. The van der Waals surface area contributed by atoms with Gasteiger partial charge in [0.25, 0.3) is 13.8 Å². The van der Waals surface area contributed by atoms with Crippen LogP contribution in [0.5, 0.6) is 0 Å². The number of benzene rings is 2. The highest BCUT2D eigenvalue weighted by molar-refractivity contribution is 8.24. The molecular formula is C14HF13O6S3. The molecule has 0 atom stereocenters. The molecule has 0 amide bonds. The van der Waals surface area contributed by atoms with Crippen LogP contribution in [0.25, 0.3) is 0 Å². The van der Waals surface area contributed by atoms with E-state index in [0.29, 0.717) is 0 Å². The quantitative estimate of drug-likeness (QED) is 0.223. The molecule has 0 aliphatic heterocycles. The van der Waals surface area contributed by atoms with Gasteiger partial charge in [0.2, 0.25) is 31.3 Å². The van der Waals surface area contributed by atoms with Gasteiger partial charge in [-0.05, 0) is 0 Å². The van der Waals surface area contributed by atoms with Crippen LogP contribution < -0.4 is 0 Å². The van der Waals surface area contributed by atoms with Crippen LogP contribution >= 0.6 is 0 Å². The molecule has 0 aliphatic rings.